The number of thiophene rings is 1. The van der Waals surface area contributed by atoms with Crippen molar-refractivity contribution in [3.63, 3.8) is 0 Å². The van der Waals surface area contributed by atoms with Gasteiger partial charge in [-0.1, -0.05) is 17.7 Å². The summed E-state index contributed by atoms with van der Waals surface area (Å²) in [6.45, 7) is 10.4. The topological polar surface area (TPSA) is 59.1 Å². The van der Waals surface area contributed by atoms with E-state index in [0.29, 0.717) is 10.8 Å². The highest BCUT2D eigenvalue weighted by atomic mass is 32.2. The van der Waals surface area contributed by atoms with Crippen LogP contribution in [0.25, 0.3) is 10.6 Å². The summed E-state index contributed by atoms with van der Waals surface area (Å²) in [5.74, 6) is 0. The SMILES string of the molecule is Cc1cc(C)c(CNS(=O)(=O)c2cc(-c3nc(C)c(C)s3)cs2)c(C)c1. The molecule has 0 aliphatic rings. The molecule has 2 heterocycles. The van der Waals surface area contributed by atoms with Crippen LogP contribution in [0.15, 0.2) is 27.8 Å². The van der Waals surface area contributed by atoms with E-state index < -0.39 is 10.0 Å². The average Bonchev–Trinajstić information content (AvgIpc) is 3.14. The van der Waals surface area contributed by atoms with Crippen LogP contribution in [0.3, 0.4) is 0 Å². The highest BCUT2D eigenvalue weighted by molar-refractivity contribution is 7.91. The molecule has 3 rings (SSSR count). The van der Waals surface area contributed by atoms with Gasteiger partial charge >= 0.3 is 0 Å². The second kappa shape index (κ2) is 7.23. The molecule has 2 aromatic heterocycles. The molecule has 0 aliphatic carbocycles. The van der Waals surface area contributed by atoms with Gasteiger partial charge in [0.2, 0.25) is 10.0 Å². The standard InChI is InChI=1S/C19H22N2O2S3/c1-11-6-12(2)17(13(3)7-11)9-20-26(22,23)18-8-16(10-24-18)19-21-14(4)15(5)25-19/h6-8,10,20H,9H2,1-5H3. The van der Waals surface area contributed by atoms with Crippen molar-refractivity contribution in [2.24, 2.45) is 0 Å². The molecule has 0 radical (unpaired) electrons. The number of aromatic nitrogens is 1. The molecule has 0 fully saturated rings. The van der Waals surface area contributed by atoms with Crippen molar-refractivity contribution >= 4 is 32.7 Å². The van der Waals surface area contributed by atoms with Crippen molar-refractivity contribution in [1.82, 2.24) is 9.71 Å². The maximum absolute atomic E-state index is 12.7. The van der Waals surface area contributed by atoms with E-state index in [0.717, 1.165) is 37.8 Å². The zero-order chi connectivity index (χ0) is 19.1. The number of aryl methyl sites for hydroxylation is 5. The van der Waals surface area contributed by atoms with E-state index in [1.165, 1.54) is 16.9 Å². The fraction of sp³-hybridized carbons (Fsp3) is 0.316. The van der Waals surface area contributed by atoms with Crippen molar-refractivity contribution in [1.29, 1.82) is 0 Å². The van der Waals surface area contributed by atoms with E-state index in [9.17, 15) is 8.42 Å². The van der Waals surface area contributed by atoms with Crippen molar-refractivity contribution in [2.45, 2.75) is 45.4 Å². The van der Waals surface area contributed by atoms with Gasteiger partial charge in [-0.3, -0.25) is 0 Å². The van der Waals surface area contributed by atoms with Gasteiger partial charge in [-0.05, 0) is 57.4 Å². The highest BCUT2D eigenvalue weighted by Gasteiger charge is 2.19. The summed E-state index contributed by atoms with van der Waals surface area (Å²) in [6, 6.07) is 5.86. The second-order valence-electron chi connectivity index (χ2n) is 6.52. The van der Waals surface area contributed by atoms with Gasteiger partial charge in [0.05, 0.1) is 5.69 Å². The largest absolute Gasteiger partial charge is 0.250 e. The van der Waals surface area contributed by atoms with E-state index in [-0.39, 0.29) is 0 Å². The Kier molecular flexibility index (Phi) is 5.35. The predicted octanol–water partition coefficient (Wildman–Crippen LogP) is 4.89. The van der Waals surface area contributed by atoms with Crippen LogP contribution < -0.4 is 4.72 Å². The molecular weight excluding hydrogens is 384 g/mol. The summed E-state index contributed by atoms with van der Waals surface area (Å²) in [6.07, 6.45) is 0. The Balaban J connectivity index is 1.81. The molecule has 0 saturated carbocycles. The van der Waals surface area contributed by atoms with Crippen molar-refractivity contribution in [3.8, 4) is 10.6 Å². The number of nitrogens with one attached hydrogen (secondary N) is 1. The number of hydrogen-bond donors (Lipinski definition) is 1. The maximum atomic E-state index is 12.7. The normalized spacial score (nSPS) is 11.9. The van der Waals surface area contributed by atoms with Crippen LogP contribution in [0.1, 0.15) is 32.8 Å². The van der Waals surface area contributed by atoms with E-state index in [2.05, 4.69) is 21.8 Å². The third kappa shape index (κ3) is 3.91. The summed E-state index contributed by atoms with van der Waals surface area (Å²) in [4.78, 5) is 5.66. The third-order valence-electron chi connectivity index (χ3n) is 4.40. The molecule has 138 valence electrons. The first-order valence-electron chi connectivity index (χ1n) is 8.26. The lowest BCUT2D eigenvalue weighted by molar-refractivity contribution is 0.583. The van der Waals surface area contributed by atoms with Crippen molar-refractivity contribution in [2.75, 3.05) is 0 Å². The zero-order valence-corrected chi connectivity index (χ0v) is 18.0. The van der Waals surface area contributed by atoms with Crippen LogP contribution in [-0.4, -0.2) is 13.4 Å². The second-order valence-corrected chi connectivity index (χ2v) is 10.6. The molecule has 1 N–H and O–H groups in total. The summed E-state index contributed by atoms with van der Waals surface area (Å²) in [5.41, 5.74) is 6.27. The number of benzene rings is 1. The lowest BCUT2D eigenvalue weighted by Crippen LogP contribution is -2.23. The molecule has 7 heteroatoms. The monoisotopic (exact) mass is 406 g/mol. The lowest BCUT2D eigenvalue weighted by atomic mass is 10.0. The average molecular weight is 407 g/mol. The van der Waals surface area contributed by atoms with Crippen LogP contribution in [0, 0.1) is 34.6 Å². The number of hydrogen-bond acceptors (Lipinski definition) is 5. The Morgan fingerprint density at radius 1 is 1.04 bits per heavy atom. The summed E-state index contributed by atoms with van der Waals surface area (Å²) in [5, 5.41) is 2.72. The minimum atomic E-state index is -3.55. The Labute approximate surface area is 163 Å². The van der Waals surface area contributed by atoms with E-state index in [1.807, 2.05) is 40.0 Å². The quantitative estimate of drug-likeness (QED) is 0.656. The van der Waals surface area contributed by atoms with Gasteiger partial charge in [0.1, 0.15) is 9.22 Å². The first kappa shape index (κ1) is 19.2. The van der Waals surface area contributed by atoms with Gasteiger partial charge < -0.3 is 0 Å². The van der Waals surface area contributed by atoms with Crippen LogP contribution in [0.4, 0.5) is 0 Å². The zero-order valence-electron chi connectivity index (χ0n) is 15.5. The van der Waals surface area contributed by atoms with Gasteiger partial charge in [-0.2, -0.15) is 0 Å². The van der Waals surface area contributed by atoms with E-state index >= 15 is 0 Å². The Bertz CT molecular complexity index is 1020. The first-order chi connectivity index (χ1) is 12.2. The highest BCUT2D eigenvalue weighted by Crippen LogP contribution is 2.32. The Morgan fingerprint density at radius 2 is 1.69 bits per heavy atom. The third-order valence-corrected chi connectivity index (χ3v) is 8.36. The molecule has 0 unspecified atom stereocenters. The molecule has 0 amide bonds. The van der Waals surface area contributed by atoms with E-state index in [4.69, 9.17) is 0 Å². The van der Waals surface area contributed by atoms with Crippen LogP contribution >= 0.6 is 22.7 Å². The molecule has 4 nitrogen and oxygen atoms in total. The lowest BCUT2D eigenvalue weighted by Gasteiger charge is -2.12. The Hall–Kier alpha value is -1.54. The van der Waals surface area contributed by atoms with Gasteiger partial charge in [0.15, 0.2) is 0 Å². The van der Waals surface area contributed by atoms with Gasteiger partial charge in [0, 0.05) is 22.4 Å². The van der Waals surface area contributed by atoms with Gasteiger partial charge in [0.25, 0.3) is 0 Å². The Morgan fingerprint density at radius 3 is 2.27 bits per heavy atom. The molecule has 0 aliphatic heterocycles. The molecule has 1 aromatic carbocycles. The van der Waals surface area contributed by atoms with Crippen molar-refractivity contribution in [3.05, 3.63) is 56.4 Å². The molecule has 0 spiro atoms. The van der Waals surface area contributed by atoms with Crippen LogP contribution in [-0.2, 0) is 16.6 Å². The van der Waals surface area contributed by atoms with Crippen LogP contribution in [0.5, 0.6) is 0 Å². The van der Waals surface area contributed by atoms with Crippen molar-refractivity contribution < 1.29 is 8.42 Å². The molecule has 26 heavy (non-hydrogen) atoms. The summed E-state index contributed by atoms with van der Waals surface area (Å²) >= 11 is 2.82. The van der Waals surface area contributed by atoms with Crippen LogP contribution in [0.2, 0.25) is 0 Å². The number of nitrogens with zero attached hydrogens (tertiary/aromatic N) is 1. The van der Waals surface area contributed by atoms with Gasteiger partial charge in [-0.15, -0.1) is 22.7 Å². The molecular formula is C19H22N2O2S3. The molecule has 0 saturated heterocycles. The first-order valence-corrected chi connectivity index (χ1v) is 11.4. The fourth-order valence-corrected chi connectivity index (χ4v) is 6.07. The number of rotatable bonds is 5. The minimum Gasteiger partial charge on any atom is -0.241 e. The predicted molar refractivity (Wildman–Crippen MR) is 110 cm³/mol. The fourth-order valence-electron chi connectivity index (χ4n) is 2.89. The maximum Gasteiger partial charge on any atom is 0.250 e. The summed E-state index contributed by atoms with van der Waals surface area (Å²) < 4.78 is 28.4. The molecule has 0 bridgehead atoms. The summed E-state index contributed by atoms with van der Waals surface area (Å²) in [7, 11) is -3.55. The number of sulfonamides is 1. The minimum absolute atomic E-state index is 0.295. The van der Waals surface area contributed by atoms with E-state index in [1.54, 1.807) is 17.4 Å². The smallest absolute Gasteiger partial charge is 0.241 e. The molecule has 3 aromatic rings. The van der Waals surface area contributed by atoms with Gasteiger partial charge in [-0.25, -0.2) is 18.1 Å². The number of thiazole rings is 1. The molecule has 0 atom stereocenters.